The van der Waals surface area contributed by atoms with Crippen LogP contribution in [0.1, 0.15) is 30.4 Å². The summed E-state index contributed by atoms with van der Waals surface area (Å²) in [6, 6.07) is 4.00. The predicted octanol–water partition coefficient (Wildman–Crippen LogP) is 4.13. The van der Waals surface area contributed by atoms with E-state index in [4.69, 9.17) is 4.74 Å². The molecule has 0 N–H and O–H groups in total. The zero-order chi connectivity index (χ0) is 15.5. The smallest absolute Gasteiger partial charge is 0.317 e. The Morgan fingerprint density at radius 2 is 2.05 bits per heavy atom. The number of ether oxygens (including phenoxy) is 1. The summed E-state index contributed by atoms with van der Waals surface area (Å²) in [5.74, 6) is -1.43. The van der Waals surface area contributed by atoms with E-state index in [1.807, 2.05) is 33.7 Å². The highest BCUT2D eigenvalue weighted by Gasteiger charge is 2.39. The average molecular weight is 332 g/mol. The van der Waals surface area contributed by atoms with Crippen molar-refractivity contribution in [3.05, 3.63) is 50.9 Å². The Bertz CT molecular complexity index is 684. The molecule has 22 heavy (non-hydrogen) atoms. The van der Waals surface area contributed by atoms with Crippen molar-refractivity contribution in [2.45, 2.75) is 19.3 Å². The Hall–Kier alpha value is -1.72. The maximum Gasteiger partial charge on any atom is 0.317 e. The van der Waals surface area contributed by atoms with Crippen LogP contribution < -0.4 is 0 Å². The molecule has 5 heteroatoms. The molecule has 0 radical (unpaired) electrons. The van der Waals surface area contributed by atoms with Crippen LogP contribution in [0, 0.1) is 5.92 Å². The lowest BCUT2D eigenvalue weighted by molar-refractivity contribution is -0.151. The summed E-state index contributed by atoms with van der Waals surface area (Å²) in [5, 5.41) is 8.03. The van der Waals surface area contributed by atoms with Crippen LogP contribution in [0.3, 0.4) is 0 Å². The molecular weight excluding hydrogens is 316 g/mol. The van der Waals surface area contributed by atoms with E-state index in [0.717, 1.165) is 16.7 Å². The Balaban J connectivity index is 1.98. The van der Waals surface area contributed by atoms with Crippen molar-refractivity contribution in [1.29, 1.82) is 0 Å². The first kappa shape index (κ1) is 15.2. The van der Waals surface area contributed by atoms with Crippen LogP contribution in [-0.2, 0) is 14.3 Å². The first-order chi connectivity index (χ1) is 10.7. The minimum atomic E-state index is -0.725. The van der Waals surface area contributed by atoms with E-state index in [2.05, 4.69) is 0 Å². The van der Waals surface area contributed by atoms with Gasteiger partial charge in [0.05, 0.1) is 6.61 Å². The van der Waals surface area contributed by atoms with Crippen molar-refractivity contribution in [3.63, 3.8) is 0 Å². The summed E-state index contributed by atoms with van der Waals surface area (Å²) in [6.45, 7) is 2.05. The molecule has 2 atom stereocenters. The second kappa shape index (κ2) is 6.58. The molecule has 0 saturated heterocycles. The third kappa shape index (κ3) is 2.91. The Kier molecular flexibility index (Phi) is 4.55. The molecule has 1 aliphatic rings. The molecule has 0 aromatic carbocycles. The zero-order valence-electron chi connectivity index (χ0n) is 12.2. The maximum absolute atomic E-state index is 12.6. The number of hydrogen-bond donors (Lipinski definition) is 0. The zero-order valence-corrected chi connectivity index (χ0v) is 13.8. The van der Waals surface area contributed by atoms with Crippen LogP contribution >= 0.6 is 22.7 Å². The van der Waals surface area contributed by atoms with Crippen molar-refractivity contribution in [1.82, 2.24) is 0 Å². The fourth-order valence-electron chi connectivity index (χ4n) is 2.83. The summed E-state index contributed by atoms with van der Waals surface area (Å²) in [6.07, 6.45) is 2.30. The lowest BCUT2D eigenvalue weighted by Gasteiger charge is -2.28. The quantitative estimate of drug-likeness (QED) is 0.624. The van der Waals surface area contributed by atoms with Gasteiger partial charge in [-0.05, 0) is 69.8 Å². The van der Waals surface area contributed by atoms with Crippen LogP contribution in [-0.4, -0.2) is 18.4 Å². The number of hydrogen-bond acceptors (Lipinski definition) is 5. The van der Waals surface area contributed by atoms with Gasteiger partial charge in [0.2, 0.25) is 0 Å². The van der Waals surface area contributed by atoms with Gasteiger partial charge in [-0.1, -0.05) is 0 Å². The van der Waals surface area contributed by atoms with Gasteiger partial charge in [-0.3, -0.25) is 9.59 Å². The van der Waals surface area contributed by atoms with Crippen molar-refractivity contribution < 1.29 is 14.3 Å². The molecule has 114 valence electrons. The standard InChI is InChI=1S/C17H16O3S2/c1-2-20-17(19)16-14(12-4-6-22-10-12)7-13(8-15(16)18)11-3-5-21-9-11/h3-6,8-10,14,16H,2,7H2,1H3/t14-,16-/m1/s1. The van der Waals surface area contributed by atoms with E-state index in [-0.39, 0.29) is 11.7 Å². The summed E-state index contributed by atoms with van der Waals surface area (Å²) < 4.78 is 5.12. The van der Waals surface area contributed by atoms with E-state index >= 15 is 0 Å². The van der Waals surface area contributed by atoms with Gasteiger partial charge in [0.1, 0.15) is 5.92 Å². The monoisotopic (exact) mass is 332 g/mol. The van der Waals surface area contributed by atoms with E-state index in [1.54, 1.807) is 35.7 Å². The van der Waals surface area contributed by atoms with Crippen LogP contribution in [0.25, 0.3) is 5.57 Å². The van der Waals surface area contributed by atoms with Crippen molar-refractivity contribution in [3.8, 4) is 0 Å². The van der Waals surface area contributed by atoms with Gasteiger partial charge < -0.3 is 4.74 Å². The van der Waals surface area contributed by atoms with Gasteiger partial charge in [0.25, 0.3) is 0 Å². The second-order valence-corrected chi connectivity index (χ2v) is 6.74. The SMILES string of the molecule is CCOC(=O)[C@H]1C(=O)C=C(c2ccsc2)C[C@@H]1c1ccsc1. The van der Waals surface area contributed by atoms with E-state index in [1.165, 1.54) is 0 Å². The molecule has 0 aliphatic heterocycles. The molecule has 0 bridgehead atoms. The molecule has 2 aromatic rings. The summed E-state index contributed by atoms with van der Waals surface area (Å²) in [5.41, 5.74) is 3.11. The van der Waals surface area contributed by atoms with Gasteiger partial charge in [0.15, 0.2) is 5.78 Å². The highest BCUT2D eigenvalue weighted by Crippen LogP contribution is 2.41. The lowest BCUT2D eigenvalue weighted by atomic mass is 9.74. The number of rotatable bonds is 4. The predicted molar refractivity (Wildman–Crippen MR) is 89.1 cm³/mol. The fourth-order valence-corrected chi connectivity index (χ4v) is 4.24. The van der Waals surface area contributed by atoms with Crippen molar-refractivity contribution in [2.24, 2.45) is 5.92 Å². The summed E-state index contributed by atoms with van der Waals surface area (Å²) in [7, 11) is 0. The van der Waals surface area contributed by atoms with E-state index in [0.29, 0.717) is 13.0 Å². The Morgan fingerprint density at radius 1 is 1.27 bits per heavy atom. The van der Waals surface area contributed by atoms with Crippen LogP contribution in [0.5, 0.6) is 0 Å². The number of carbonyl (C=O) groups is 2. The molecule has 1 aliphatic carbocycles. The van der Waals surface area contributed by atoms with Crippen LogP contribution in [0.4, 0.5) is 0 Å². The molecular formula is C17H16O3S2. The van der Waals surface area contributed by atoms with Gasteiger partial charge >= 0.3 is 5.97 Å². The molecule has 0 unspecified atom stereocenters. The van der Waals surface area contributed by atoms with Crippen molar-refractivity contribution in [2.75, 3.05) is 6.61 Å². The van der Waals surface area contributed by atoms with E-state index in [9.17, 15) is 9.59 Å². The average Bonchev–Trinajstić information content (AvgIpc) is 3.20. The molecule has 0 spiro atoms. The molecule has 3 nitrogen and oxygen atoms in total. The number of carbonyl (C=O) groups excluding carboxylic acids is 2. The van der Waals surface area contributed by atoms with E-state index < -0.39 is 11.9 Å². The minimum Gasteiger partial charge on any atom is -0.465 e. The molecule has 0 saturated carbocycles. The minimum absolute atomic E-state index is 0.141. The van der Waals surface area contributed by atoms with Gasteiger partial charge in [-0.25, -0.2) is 0 Å². The lowest BCUT2D eigenvalue weighted by Crippen LogP contribution is -2.33. The number of ketones is 1. The first-order valence-electron chi connectivity index (χ1n) is 7.16. The van der Waals surface area contributed by atoms with Gasteiger partial charge in [0, 0.05) is 5.92 Å². The third-order valence-electron chi connectivity index (χ3n) is 3.87. The highest BCUT2D eigenvalue weighted by molar-refractivity contribution is 7.08. The normalized spacial score (nSPS) is 21.5. The summed E-state index contributed by atoms with van der Waals surface area (Å²) >= 11 is 3.19. The molecule has 2 heterocycles. The molecule has 0 amide bonds. The van der Waals surface area contributed by atoms with Crippen LogP contribution in [0.2, 0.25) is 0 Å². The highest BCUT2D eigenvalue weighted by atomic mass is 32.1. The number of allylic oxidation sites excluding steroid dienone is 2. The topological polar surface area (TPSA) is 43.4 Å². The third-order valence-corrected chi connectivity index (χ3v) is 5.25. The maximum atomic E-state index is 12.6. The van der Waals surface area contributed by atoms with Gasteiger partial charge in [-0.2, -0.15) is 22.7 Å². The fraction of sp³-hybridized carbons (Fsp3) is 0.294. The van der Waals surface area contributed by atoms with Crippen molar-refractivity contribution >= 4 is 40.0 Å². The first-order valence-corrected chi connectivity index (χ1v) is 9.05. The second-order valence-electron chi connectivity index (χ2n) is 5.18. The Labute approximate surface area is 137 Å². The molecule has 3 rings (SSSR count). The largest absolute Gasteiger partial charge is 0.465 e. The molecule has 2 aromatic heterocycles. The summed E-state index contributed by atoms with van der Waals surface area (Å²) in [4.78, 5) is 24.8. The molecule has 0 fully saturated rings. The van der Waals surface area contributed by atoms with Gasteiger partial charge in [-0.15, -0.1) is 0 Å². The Morgan fingerprint density at radius 3 is 2.68 bits per heavy atom. The van der Waals surface area contributed by atoms with Crippen LogP contribution in [0.15, 0.2) is 39.7 Å². The number of thiophene rings is 2. The number of esters is 1.